The van der Waals surface area contributed by atoms with Crippen LogP contribution in [0, 0.1) is 0 Å². The maximum atomic E-state index is 9.55. The van der Waals surface area contributed by atoms with E-state index in [1.54, 1.807) is 0 Å². The molecule has 16 heavy (non-hydrogen) atoms. The van der Waals surface area contributed by atoms with E-state index in [0.717, 1.165) is 0 Å². The lowest BCUT2D eigenvalue weighted by molar-refractivity contribution is -0.134. The third-order valence-electron chi connectivity index (χ3n) is 0.995. The highest BCUT2D eigenvalue weighted by Crippen LogP contribution is 2.04. The van der Waals surface area contributed by atoms with Crippen molar-refractivity contribution in [2.45, 2.75) is 26.4 Å². The molecule has 0 aromatic heterocycles. The van der Waals surface area contributed by atoms with Crippen LogP contribution in [0.25, 0.3) is 0 Å². The van der Waals surface area contributed by atoms with Gasteiger partial charge in [0.1, 0.15) is 0 Å². The minimum absolute atomic E-state index is 0.108. The van der Waals surface area contributed by atoms with Crippen molar-refractivity contribution in [3.05, 3.63) is 12.2 Å². The minimum Gasteiger partial charge on any atom is -0.478 e. The Balaban J connectivity index is 0. The van der Waals surface area contributed by atoms with Crippen molar-refractivity contribution in [2.24, 2.45) is 0 Å². The fourth-order valence-electron chi connectivity index (χ4n) is 0.494. The molecule has 6 heteroatoms. The lowest BCUT2D eigenvalue weighted by Crippen LogP contribution is -2.20. The number of aliphatic hydroxyl groups is 1. The van der Waals surface area contributed by atoms with Crippen molar-refractivity contribution in [1.29, 1.82) is 0 Å². The van der Waals surface area contributed by atoms with Gasteiger partial charge in [-0.2, -0.15) is 0 Å². The van der Waals surface area contributed by atoms with Gasteiger partial charge in [-0.3, -0.25) is 0 Å². The van der Waals surface area contributed by atoms with Gasteiger partial charge in [-0.15, -0.1) is 0 Å². The molecule has 0 aromatic rings. The topological polar surface area (TPSA) is 104 Å². The third-order valence-corrected chi connectivity index (χ3v) is 0.995. The SMILES string of the molecule is CC(C)(C)OCCO.O=C(O)/C=C\C(=O)O. The maximum Gasteiger partial charge on any atom is 0.328 e. The summed E-state index contributed by atoms with van der Waals surface area (Å²) in [6, 6.07) is 0. The Hall–Kier alpha value is -1.40. The number of hydrogen-bond acceptors (Lipinski definition) is 4. The molecule has 0 amide bonds. The van der Waals surface area contributed by atoms with Gasteiger partial charge in [-0.05, 0) is 20.8 Å². The van der Waals surface area contributed by atoms with Crippen molar-refractivity contribution in [2.75, 3.05) is 13.2 Å². The lowest BCUT2D eigenvalue weighted by atomic mass is 10.2. The fourth-order valence-corrected chi connectivity index (χ4v) is 0.494. The second-order valence-electron chi connectivity index (χ2n) is 3.69. The van der Waals surface area contributed by atoms with Crippen LogP contribution in [0.2, 0.25) is 0 Å². The first-order valence-corrected chi connectivity index (χ1v) is 4.58. The van der Waals surface area contributed by atoms with Crippen LogP contribution in [-0.4, -0.2) is 46.1 Å². The number of carbonyl (C=O) groups is 2. The predicted molar refractivity (Wildman–Crippen MR) is 57.2 cm³/mol. The van der Waals surface area contributed by atoms with Gasteiger partial charge in [0, 0.05) is 12.2 Å². The van der Waals surface area contributed by atoms with E-state index in [4.69, 9.17) is 20.1 Å². The molecule has 0 unspecified atom stereocenters. The predicted octanol–water partition coefficient (Wildman–Crippen LogP) is 0.506. The van der Waals surface area contributed by atoms with E-state index in [1.807, 2.05) is 20.8 Å². The molecular weight excluding hydrogens is 216 g/mol. The van der Waals surface area contributed by atoms with Gasteiger partial charge in [0.2, 0.25) is 0 Å². The van der Waals surface area contributed by atoms with Crippen LogP contribution in [0.5, 0.6) is 0 Å². The highest BCUT2D eigenvalue weighted by molar-refractivity contribution is 5.89. The summed E-state index contributed by atoms with van der Waals surface area (Å²) in [6.45, 7) is 6.43. The zero-order chi connectivity index (χ0) is 13.2. The minimum atomic E-state index is -1.26. The van der Waals surface area contributed by atoms with E-state index < -0.39 is 11.9 Å². The largest absolute Gasteiger partial charge is 0.478 e. The van der Waals surface area contributed by atoms with Gasteiger partial charge < -0.3 is 20.1 Å². The Morgan fingerprint density at radius 1 is 1.12 bits per heavy atom. The molecule has 0 saturated carbocycles. The van der Waals surface area contributed by atoms with E-state index in [-0.39, 0.29) is 12.2 Å². The average molecular weight is 234 g/mol. The number of ether oxygens (including phenoxy) is 1. The first-order chi connectivity index (χ1) is 7.19. The van der Waals surface area contributed by atoms with Gasteiger partial charge in [0.25, 0.3) is 0 Å². The van der Waals surface area contributed by atoms with Crippen LogP contribution in [0.15, 0.2) is 12.2 Å². The lowest BCUT2D eigenvalue weighted by Gasteiger charge is -2.18. The molecule has 3 N–H and O–H groups in total. The molecule has 0 spiro atoms. The van der Waals surface area contributed by atoms with E-state index >= 15 is 0 Å². The first kappa shape index (κ1) is 17.0. The van der Waals surface area contributed by atoms with Crippen LogP contribution in [-0.2, 0) is 14.3 Å². The van der Waals surface area contributed by atoms with E-state index in [0.29, 0.717) is 18.8 Å². The highest BCUT2D eigenvalue weighted by atomic mass is 16.5. The van der Waals surface area contributed by atoms with Gasteiger partial charge in [0.15, 0.2) is 0 Å². The van der Waals surface area contributed by atoms with Crippen LogP contribution in [0.1, 0.15) is 20.8 Å². The molecule has 0 heterocycles. The Bertz CT molecular complexity index is 222. The molecule has 0 saturated heterocycles. The molecule has 0 aliphatic rings. The number of hydrogen-bond donors (Lipinski definition) is 3. The van der Waals surface area contributed by atoms with E-state index in [2.05, 4.69) is 0 Å². The van der Waals surface area contributed by atoms with Gasteiger partial charge in [0.05, 0.1) is 18.8 Å². The van der Waals surface area contributed by atoms with Crippen LogP contribution in [0.3, 0.4) is 0 Å². The summed E-state index contributed by atoms with van der Waals surface area (Å²) in [7, 11) is 0. The summed E-state index contributed by atoms with van der Waals surface area (Å²) in [4.78, 5) is 19.1. The van der Waals surface area contributed by atoms with Crippen molar-refractivity contribution in [1.82, 2.24) is 0 Å². The zero-order valence-electron chi connectivity index (χ0n) is 9.64. The second kappa shape index (κ2) is 8.87. The summed E-state index contributed by atoms with van der Waals surface area (Å²) < 4.78 is 5.13. The standard InChI is InChI=1S/C6H14O2.C4H4O4/c1-6(2,3)8-5-4-7;5-3(6)1-2-4(7)8/h7H,4-5H2,1-3H3;1-2H,(H,5,6)(H,7,8)/b;2-1-. The molecular formula is C10H18O6. The van der Waals surface area contributed by atoms with Crippen LogP contribution >= 0.6 is 0 Å². The molecule has 0 atom stereocenters. The van der Waals surface area contributed by atoms with Crippen molar-refractivity contribution in [3.63, 3.8) is 0 Å². The smallest absolute Gasteiger partial charge is 0.328 e. The molecule has 94 valence electrons. The van der Waals surface area contributed by atoms with Crippen LogP contribution in [0.4, 0.5) is 0 Å². The van der Waals surface area contributed by atoms with Gasteiger partial charge in [-0.1, -0.05) is 0 Å². The number of aliphatic carboxylic acids is 2. The quantitative estimate of drug-likeness (QED) is 0.612. The molecule has 0 aromatic carbocycles. The summed E-state index contributed by atoms with van der Waals surface area (Å²) in [6.07, 6.45) is 1.12. The van der Waals surface area contributed by atoms with E-state index in [9.17, 15) is 9.59 Å². The van der Waals surface area contributed by atoms with Crippen molar-refractivity contribution < 1.29 is 29.6 Å². The Morgan fingerprint density at radius 2 is 1.50 bits per heavy atom. The first-order valence-electron chi connectivity index (χ1n) is 4.58. The summed E-state index contributed by atoms with van der Waals surface area (Å²) in [5, 5.41) is 23.9. The normalized spacial score (nSPS) is 10.8. The molecule has 0 bridgehead atoms. The Kier molecular flexibility index (Phi) is 9.43. The third kappa shape index (κ3) is 22.9. The molecule has 0 fully saturated rings. The number of carboxylic acids is 2. The zero-order valence-corrected chi connectivity index (χ0v) is 9.64. The number of aliphatic hydroxyl groups excluding tert-OH is 1. The van der Waals surface area contributed by atoms with Gasteiger partial charge >= 0.3 is 11.9 Å². The highest BCUT2D eigenvalue weighted by Gasteiger charge is 2.07. The average Bonchev–Trinajstić information content (AvgIpc) is 2.11. The Morgan fingerprint density at radius 3 is 1.62 bits per heavy atom. The molecule has 0 radical (unpaired) electrons. The maximum absolute atomic E-state index is 9.55. The summed E-state index contributed by atoms with van der Waals surface area (Å²) >= 11 is 0. The van der Waals surface area contributed by atoms with Crippen LogP contribution < -0.4 is 0 Å². The Labute approximate surface area is 94.2 Å². The summed E-state index contributed by atoms with van der Waals surface area (Å²) in [5.41, 5.74) is -0.108. The number of carboxylic acid groups (broad SMARTS) is 2. The molecule has 0 aliphatic carbocycles. The fraction of sp³-hybridized carbons (Fsp3) is 0.600. The van der Waals surface area contributed by atoms with Gasteiger partial charge in [-0.25, -0.2) is 9.59 Å². The van der Waals surface area contributed by atoms with Crippen molar-refractivity contribution >= 4 is 11.9 Å². The molecule has 6 nitrogen and oxygen atoms in total. The summed E-state index contributed by atoms with van der Waals surface area (Å²) in [5.74, 6) is -2.51. The molecule has 0 aliphatic heterocycles. The number of rotatable bonds is 4. The monoisotopic (exact) mass is 234 g/mol. The second-order valence-corrected chi connectivity index (χ2v) is 3.69. The molecule has 0 rings (SSSR count). The van der Waals surface area contributed by atoms with E-state index in [1.165, 1.54) is 0 Å². The van der Waals surface area contributed by atoms with Crippen molar-refractivity contribution in [3.8, 4) is 0 Å².